The van der Waals surface area contributed by atoms with E-state index in [-0.39, 0.29) is 5.91 Å². The lowest BCUT2D eigenvalue weighted by Gasteiger charge is -2.14. The number of quaternary nitrogens is 1. The molecule has 0 fully saturated rings. The first-order valence-corrected chi connectivity index (χ1v) is 8.16. The van der Waals surface area contributed by atoms with Crippen molar-refractivity contribution in [1.29, 1.82) is 0 Å². The molecule has 1 heterocycles. The van der Waals surface area contributed by atoms with E-state index >= 15 is 0 Å². The maximum Gasteiger partial charge on any atom is 0.279 e. The summed E-state index contributed by atoms with van der Waals surface area (Å²) in [5, 5.41) is 2.93. The Labute approximate surface area is 146 Å². The second-order valence-corrected chi connectivity index (χ2v) is 5.85. The van der Waals surface area contributed by atoms with E-state index in [1.807, 2.05) is 73.8 Å². The first-order valence-electron chi connectivity index (χ1n) is 8.16. The minimum absolute atomic E-state index is 0.0758. The number of amides is 1. The van der Waals surface area contributed by atoms with Crippen molar-refractivity contribution in [3.63, 3.8) is 0 Å². The van der Waals surface area contributed by atoms with E-state index in [0.717, 1.165) is 16.4 Å². The maximum absolute atomic E-state index is 12.3. The van der Waals surface area contributed by atoms with Crippen LogP contribution in [-0.2, 0) is 11.3 Å². The van der Waals surface area contributed by atoms with Crippen molar-refractivity contribution in [2.75, 3.05) is 18.9 Å². The number of carbonyl (C=O) groups excluding carboxylic acids is 1. The van der Waals surface area contributed by atoms with Gasteiger partial charge < -0.3 is 19.4 Å². The van der Waals surface area contributed by atoms with E-state index < -0.39 is 0 Å². The van der Waals surface area contributed by atoms with Crippen LogP contribution in [0.2, 0.25) is 0 Å². The molecule has 0 bridgehead atoms. The molecule has 128 valence electrons. The highest BCUT2D eigenvalue weighted by Crippen LogP contribution is 2.28. The van der Waals surface area contributed by atoms with E-state index in [1.54, 1.807) is 6.26 Å². The van der Waals surface area contributed by atoms with Gasteiger partial charge in [0, 0.05) is 0 Å². The maximum atomic E-state index is 12.3. The topological polar surface area (TPSA) is 55.9 Å². The summed E-state index contributed by atoms with van der Waals surface area (Å²) in [6, 6.07) is 20.7. The number of hydrogen-bond donors (Lipinski definition) is 2. The number of ether oxygens (including phenoxy) is 1. The number of hydrogen-bond acceptors (Lipinski definition) is 3. The number of carbonyl (C=O) groups is 1. The van der Waals surface area contributed by atoms with Gasteiger partial charge in [-0.15, -0.1) is 0 Å². The van der Waals surface area contributed by atoms with Gasteiger partial charge in [-0.3, -0.25) is 4.79 Å². The van der Waals surface area contributed by atoms with E-state index in [0.29, 0.717) is 24.5 Å². The average Bonchev–Trinajstić information content (AvgIpc) is 3.10. The van der Waals surface area contributed by atoms with Crippen molar-refractivity contribution in [2.45, 2.75) is 6.54 Å². The molecule has 1 amide bonds. The summed E-state index contributed by atoms with van der Waals surface area (Å²) >= 11 is 0. The van der Waals surface area contributed by atoms with Crippen molar-refractivity contribution in [3.05, 3.63) is 78.8 Å². The van der Waals surface area contributed by atoms with Crippen LogP contribution >= 0.6 is 0 Å². The Balaban J connectivity index is 1.61. The summed E-state index contributed by atoms with van der Waals surface area (Å²) in [6.45, 7) is 0.989. The van der Waals surface area contributed by atoms with Gasteiger partial charge in [-0.25, -0.2) is 0 Å². The molecule has 0 aliphatic rings. The summed E-state index contributed by atoms with van der Waals surface area (Å²) in [7, 11) is 1.95. The van der Waals surface area contributed by atoms with Gasteiger partial charge in [0.05, 0.1) is 19.0 Å². The minimum atomic E-state index is -0.0758. The van der Waals surface area contributed by atoms with Crippen LogP contribution in [0.1, 0.15) is 5.76 Å². The van der Waals surface area contributed by atoms with Crippen LogP contribution < -0.4 is 15.0 Å². The summed E-state index contributed by atoms with van der Waals surface area (Å²) in [5.74, 6) is 2.13. The molecule has 1 aromatic heterocycles. The van der Waals surface area contributed by atoms with Crippen molar-refractivity contribution in [2.24, 2.45) is 0 Å². The molecular weight excluding hydrogens is 316 g/mol. The molecule has 2 aromatic carbocycles. The Hall–Kier alpha value is -3.05. The molecule has 0 radical (unpaired) electrons. The second-order valence-electron chi connectivity index (χ2n) is 5.85. The lowest BCUT2D eigenvalue weighted by atomic mass is 10.2. The molecule has 0 aliphatic carbocycles. The van der Waals surface area contributed by atoms with E-state index in [4.69, 9.17) is 9.15 Å². The van der Waals surface area contributed by atoms with Gasteiger partial charge in [-0.05, 0) is 36.4 Å². The zero-order valence-electron chi connectivity index (χ0n) is 14.1. The number of nitrogens with one attached hydrogen (secondary N) is 2. The number of anilines is 1. The lowest BCUT2D eigenvalue weighted by molar-refractivity contribution is -0.886. The van der Waals surface area contributed by atoms with Gasteiger partial charge >= 0.3 is 0 Å². The highest BCUT2D eigenvalue weighted by Gasteiger charge is 2.14. The summed E-state index contributed by atoms with van der Waals surface area (Å²) < 4.78 is 11.2. The second kappa shape index (κ2) is 8.17. The molecule has 3 aromatic rings. The molecule has 5 nitrogen and oxygen atoms in total. The monoisotopic (exact) mass is 337 g/mol. The van der Waals surface area contributed by atoms with Crippen LogP contribution in [0.5, 0.6) is 11.5 Å². The molecule has 5 heteroatoms. The predicted octanol–water partition coefficient (Wildman–Crippen LogP) is 2.73. The van der Waals surface area contributed by atoms with Crippen LogP contribution in [0.15, 0.2) is 77.4 Å². The molecule has 1 unspecified atom stereocenters. The minimum Gasteiger partial charge on any atom is -0.463 e. The Kier molecular flexibility index (Phi) is 5.49. The Morgan fingerprint density at radius 1 is 1.04 bits per heavy atom. The quantitative estimate of drug-likeness (QED) is 0.697. The Morgan fingerprint density at radius 3 is 2.56 bits per heavy atom. The molecule has 2 N–H and O–H groups in total. The lowest BCUT2D eigenvalue weighted by Crippen LogP contribution is -3.08. The smallest absolute Gasteiger partial charge is 0.279 e. The Bertz CT molecular complexity index is 801. The molecule has 0 saturated carbocycles. The third-order valence-electron chi connectivity index (χ3n) is 3.65. The average molecular weight is 337 g/mol. The van der Waals surface area contributed by atoms with Crippen LogP contribution in [0.3, 0.4) is 0 Å². The predicted molar refractivity (Wildman–Crippen MR) is 95.8 cm³/mol. The van der Waals surface area contributed by atoms with Crippen molar-refractivity contribution in [3.8, 4) is 11.5 Å². The molecule has 0 spiro atoms. The van der Waals surface area contributed by atoms with Crippen LogP contribution in [0, 0.1) is 0 Å². The summed E-state index contributed by atoms with van der Waals surface area (Å²) in [6.07, 6.45) is 1.64. The van der Waals surface area contributed by atoms with Gasteiger partial charge in [-0.2, -0.15) is 0 Å². The molecule has 1 atom stereocenters. The largest absolute Gasteiger partial charge is 0.463 e. The number of benzene rings is 2. The fourth-order valence-corrected chi connectivity index (χ4v) is 2.52. The number of furan rings is 1. The summed E-state index contributed by atoms with van der Waals surface area (Å²) in [5.41, 5.74) is 0.655. The third-order valence-corrected chi connectivity index (χ3v) is 3.65. The number of rotatable bonds is 7. The molecular formula is C20H21N2O3+. The van der Waals surface area contributed by atoms with Gasteiger partial charge in [0.2, 0.25) is 0 Å². The first-order chi connectivity index (χ1) is 12.2. The highest BCUT2D eigenvalue weighted by atomic mass is 16.5. The van der Waals surface area contributed by atoms with Crippen molar-refractivity contribution in [1.82, 2.24) is 0 Å². The van der Waals surface area contributed by atoms with Crippen LogP contribution in [0.25, 0.3) is 0 Å². The van der Waals surface area contributed by atoms with Gasteiger partial charge in [0.15, 0.2) is 18.1 Å². The SMILES string of the molecule is C[NH+](CC(=O)Nc1ccccc1Oc1ccccc1)Cc1ccco1. The zero-order valence-corrected chi connectivity index (χ0v) is 14.1. The van der Waals surface area contributed by atoms with Crippen molar-refractivity contribution >= 4 is 11.6 Å². The van der Waals surface area contributed by atoms with Crippen molar-refractivity contribution < 1.29 is 18.8 Å². The van der Waals surface area contributed by atoms with Crippen LogP contribution in [-0.4, -0.2) is 19.5 Å². The summed E-state index contributed by atoms with van der Waals surface area (Å²) in [4.78, 5) is 13.4. The number of para-hydroxylation sites is 3. The molecule has 3 rings (SSSR count). The van der Waals surface area contributed by atoms with Gasteiger partial charge in [0.1, 0.15) is 12.3 Å². The van der Waals surface area contributed by atoms with Gasteiger partial charge in [0.25, 0.3) is 5.91 Å². The van der Waals surface area contributed by atoms with E-state index in [2.05, 4.69) is 5.32 Å². The molecule has 0 saturated heterocycles. The fourth-order valence-electron chi connectivity index (χ4n) is 2.52. The van der Waals surface area contributed by atoms with Crippen LogP contribution in [0.4, 0.5) is 5.69 Å². The van der Waals surface area contributed by atoms with E-state index in [9.17, 15) is 4.79 Å². The normalized spacial score (nSPS) is 11.7. The van der Waals surface area contributed by atoms with Gasteiger partial charge in [-0.1, -0.05) is 30.3 Å². The zero-order chi connectivity index (χ0) is 17.5. The fraction of sp³-hybridized carbons (Fsp3) is 0.150. The number of likely N-dealkylation sites (N-methyl/N-ethyl adjacent to an activating group) is 1. The third kappa shape index (κ3) is 4.96. The highest BCUT2D eigenvalue weighted by molar-refractivity contribution is 5.93. The Morgan fingerprint density at radius 2 is 1.80 bits per heavy atom. The molecule has 0 aliphatic heterocycles. The van der Waals surface area contributed by atoms with E-state index in [1.165, 1.54) is 0 Å². The standard InChI is InChI=1S/C20H20N2O3/c1-22(14-17-10-7-13-24-17)15-20(23)21-18-11-5-6-12-19(18)25-16-8-3-2-4-9-16/h2-13H,14-15H2,1H3,(H,21,23)/p+1. The first kappa shape index (κ1) is 16.8. The molecule has 25 heavy (non-hydrogen) atoms.